The Hall–Kier alpha value is -2.20. The number of nitrogens with one attached hydrogen (secondary N) is 1. The molecule has 0 spiro atoms. The first-order valence-corrected chi connectivity index (χ1v) is 7.36. The molecule has 1 aromatic heterocycles. The van der Waals surface area contributed by atoms with Gasteiger partial charge in [0, 0.05) is 0 Å². The van der Waals surface area contributed by atoms with Crippen LogP contribution in [0.3, 0.4) is 0 Å². The van der Waals surface area contributed by atoms with E-state index in [0.717, 1.165) is 28.8 Å². The van der Waals surface area contributed by atoms with Crippen LogP contribution in [0.15, 0.2) is 47.3 Å². The van der Waals surface area contributed by atoms with Crippen molar-refractivity contribution in [2.75, 3.05) is 0 Å². The summed E-state index contributed by atoms with van der Waals surface area (Å²) >= 11 is 5.40. The summed E-state index contributed by atoms with van der Waals surface area (Å²) in [6.07, 6.45) is 0.850. The molecule has 3 rings (SSSR count). The van der Waals surface area contributed by atoms with E-state index in [-0.39, 0.29) is 5.56 Å². The van der Waals surface area contributed by atoms with Gasteiger partial charge in [-0.15, -0.1) is 0 Å². The Balaban J connectivity index is 2.43. The smallest absolute Gasteiger partial charge is 0.266 e. The van der Waals surface area contributed by atoms with Crippen molar-refractivity contribution in [2.45, 2.75) is 20.3 Å². The number of hydrogen-bond donors (Lipinski definition) is 1. The lowest BCUT2D eigenvalue weighted by Crippen LogP contribution is -2.21. The van der Waals surface area contributed by atoms with Crippen LogP contribution >= 0.6 is 12.2 Å². The summed E-state index contributed by atoms with van der Waals surface area (Å²) in [5, 5.41) is 0.662. The molecule has 0 bridgehead atoms. The van der Waals surface area contributed by atoms with E-state index in [4.69, 9.17) is 12.2 Å². The highest BCUT2D eigenvalue weighted by Gasteiger charge is 2.10. The lowest BCUT2D eigenvalue weighted by Gasteiger charge is -2.12. The molecule has 0 radical (unpaired) electrons. The highest BCUT2D eigenvalue weighted by Crippen LogP contribution is 2.16. The molecule has 0 fully saturated rings. The molecular weight excluding hydrogens is 280 g/mol. The number of aryl methyl sites for hydroxylation is 2. The summed E-state index contributed by atoms with van der Waals surface area (Å²) in [6.45, 7) is 4.05. The lowest BCUT2D eigenvalue weighted by atomic mass is 10.1. The molecule has 3 nitrogen and oxygen atoms in total. The van der Waals surface area contributed by atoms with E-state index in [1.54, 1.807) is 4.57 Å². The fourth-order valence-electron chi connectivity index (χ4n) is 2.57. The molecule has 2 aromatic carbocycles. The van der Waals surface area contributed by atoms with Crippen LogP contribution < -0.4 is 5.56 Å². The second-order valence-corrected chi connectivity index (χ2v) is 5.49. The number of H-pyrrole nitrogens is 1. The van der Waals surface area contributed by atoms with Gasteiger partial charge in [0.05, 0.1) is 16.6 Å². The molecule has 21 heavy (non-hydrogen) atoms. The molecule has 0 saturated heterocycles. The number of nitrogens with zero attached hydrogens (tertiary/aromatic N) is 1. The van der Waals surface area contributed by atoms with Crippen LogP contribution in [0.1, 0.15) is 18.1 Å². The van der Waals surface area contributed by atoms with Crippen molar-refractivity contribution in [3.05, 3.63) is 68.7 Å². The van der Waals surface area contributed by atoms with Crippen LogP contribution in [0.4, 0.5) is 0 Å². The largest absolute Gasteiger partial charge is 0.331 e. The predicted molar refractivity (Wildman–Crippen MR) is 88.8 cm³/mol. The van der Waals surface area contributed by atoms with Crippen molar-refractivity contribution in [2.24, 2.45) is 0 Å². The first-order valence-electron chi connectivity index (χ1n) is 6.96. The van der Waals surface area contributed by atoms with E-state index >= 15 is 0 Å². The Labute approximate surface area is 127 Å². The fraction of sp³-hybridized carbons (Fsp3) is 0.176. The van der Waals surface area contributed by atoms with E-state index in [2.05, 4.69) is 11.9 Å². The third-order valence-electron chi connectivity index (χ3n) is 3.67. The Morgan fingerprint density at radius 3 is 2.71 bits per heavy atom. The van der Waals surface area contributed by atoms with E-state index in [1.807, 2.05) is 49.4 Å². The number of rotatable bonds is 2. The average Bonchev–Trinajstić information content (AvgIpc) is 2.49. The molecule has 1 heterocycles. The van der Waals surface area contributed by atoms with Crippen LogP contribution in [0, 0.1) is 11.7 Å². The monoisotopic (exact) mass is 296 g/mol. The van der Waals surface area contributed by atoms with Crippen molar-refractivity contribution in [3.8, 4) is 5.69 Å². The first-order chi connectivity index (χ1) is 10.1. The Morgan fingerprint density at radius 1 is 1.19 bits per heavy atom. The minimum absolute atomic E-state index is 0.0710. The van der Waals surface area contributed by atoms with E-state index in [1.165, 1.54) is 0 Å². The quantitative estimate of drug-likeness (QED) is 0.728. The molecule has 4 heteroatoms. The van der Waals surface area contributed by atoms with E-state index in [9.17, 15) is 4.79 Å². The molecule has 0 amide bonds. The van der Waals surface area contributed by atoms with Gasteiger partial charge in [-0.1, -0.05) is 36.8 Å². The summed E-state index contributed by atoms with van der Waals surface area (Å²) in [4.78, 5) is 16.0. The predicted octanol–water partition coefficient (Wildman–Crippen LogP) is 3.92. The molecular formula is C17H16N2OS. The van der Waals surface area contributed by atoms with Gasteiger partial charge in [0.1, 0.15) is 0 Å². The summed E-state index contributed by atoms with van der Waals surface area (Å²) < 4.78 is 2.02. The molecule has 106 valence electrons. The van der Waals surface area contributed by atoms with Gasteiger partial charge in [0.15, 0.2) is 4.77 Å². The van der Waals surface area contributed by atoms with Crippen LogP contribution in [0.25, 0.3) is 16.6 Å². The van der Waals surface area contributed by atoms with Crippen molar-refractivity contribution in [1.82, 2.24) is 9.55 Å². The van der Waals surface area contributed by atoms with E-state index in [0.29, 0.717) is 10.2 Å². The van der Waals surface area contributed by atoms with Crippen LogP contribution in [0.2, 0.25) is 0 Å². The fourth-order valence-corrected chi connectivity index (χ4v) is 2.87. The summed E-state index contributed by atoms with van der Waals surface area (Å²) in [5.41, 5.74) is 3.72. The normalized spacial score (nSPS) is 11.0. The zero-order chi connectivity index (χ0) is 15.0. The topological polar surface area (TPSA) is 37.8 Å². The Kier molecular flexibility index (Phi) is 3.47. The SMILES string of the molecule is CCc1ccccc1-n1c(=S)[nH]c2ccc(C)cc2c1=O. The molecule has 0 aliphatic carbocycles. The van der Waals surface area contributed by atoms with Gasteiger partial charge in [0.25, 0.3) is 5.56 Å². The molecule has 0 unspecified atom stereocenters. The van der Waals surface area contributed by atoms with Crippen LogP contribution in [-0.4, -0.2) is 9.55 Å². The van der Waals surface area contributed by atoms with Crippen LogP contribution in [0.5, 0.6) is 0 Å². The molecule has 0 aliphatic rings. The third-order valence-corrected chi connectivity index (χ3v) is 3.95. The standard InChI is InChI=1S/C17H16N2OS/c1-3-12-6-4-5-7-15(12)19-16(20)13-10-11(2)8-9-14(13)18-17(19)21/h4-10H,3H2,1-2H3,(H,18,21). The molecule has 0 atom stereocenters. The number of fused-ring (bicyclic) bond motifs is 1. The Bertz CT molecular complexity index is 937. The maximum Gasteiger partial charge on any atom is 0.266 e. The van der Waals surface area contributed by atoms with Crippen molar-refractivity contribution >= 4 is 23.1 Å². The zero-order valence-electron chi connectivity index (χ0n) is 12.0. The zero-order valence-corrected chi connectivity index (χ0v) is 12.8. The number of aromatic nitrogens is 2. The number of hydrogen-bond acceptors (Lipinski definition) is 2. The third kappa shape index (κ3) is 2.32. The molecule has 0 aliphatic heterocycles. The summed E-state index contributed by atoms with van der Waals surface area (Å²) in [5.74, 6) is 0. The average molecular weight is 296 g/mol. The summed E-state index contributed by atoms with van der Waals surface area (Å²) in [6, 6.07) is 13.6. The van der Waals surface area contributed by atoms with Gasteiger partial charge in [0.2, 0.25) is 0 Å². The van der Waals surface area contributed by atoms with E-state index < -0.39 is 0 Å². The van der Waals surface area contributed by atoms with Gasteiger partial charge in [-0.05, 0) is 49.3 Å². The van der Waals surface area contributed by atoms with Gasteiger partial charge in [-0.25, -0.2) is 0 Å². The van der Waals surface area contributed by atoms with Gasteiger partial charge in [-0.3, -0.25) is 9.36 Å². The maximum absolute atomic E-state index is 12.8. The summed E-state index contributed by atoms with van der Waals surface area (Å²) in [7, 11) is 0. The van der Waals surface area contributed by atoms with Crippen molar-refractivity contribution in [3.63, 3.8) is 0 Å². The van der Waals surface area contributed by atoms with Gasteiger partial charge < -0.3 is 4.98 Å². The second-order valence-electron chi connectivity index (χ2n) is 5.10. The van der Waals surface area contributed by atoms with Crippen molar-refractivity contribution in [1.29, 1.82) is 0 Å². The highest BCUT2D eigenvalue weighted by atomic mass is 32.1. The van der Waals surface area contributed by atoms with Gasteiger partial charge in [-0.2, -0.15) is 0 Å². The first kappa shape index (κ1) is 13.8. The molecule has 1 N–H and O–H groups in total. The van der Waals surface area contributed by atoms with Crippen LogP contribution in [-0.2, 0) is 6.42 Å². The molecule has 0 saturated carbocycles. The number of para-hydroxylation sites is 1. The minimum Gasteiger partial charge on any atom is -0.331 e. The van der Waals surface area contributed by atoms with Gasteiger partial charge >= 0.3 is 0 Å². The number of benzene rings is 2. The number of aromatic amines is 1. The highest BCUT2D eigenvalue weighted by molar-refractivity contribution is 7.71. The second kappa shape index (κ2) is 5.30. The lowest BCUT2D eigenvalue weighted by molar-refractivity contribution is 0.916. The maximum atomic E-state index is 12.8. The molecule has 3 aromatic rings. The van der Waals surface area contributed by atoms with Crippen molar-refractivity contribution < 1.29 is 0 Å². The Morgan fingerprint density at radius 2 is 1.95 bits per heavy atom. The minimum atomic E-state index is -0.0710.